The number of nitrogens with zero attached hydrogens (tertiary/aromatic N) is 2. The standard InChI is InChI=1S/C31H37Cl2N3O6S/c1-7-26(30(38)34-31(2,3)4)35(19-21-13-15-24(32)25(33)17-21)29(37)20-36(22-11-9-8-10-12-22)43(39,40)23-14-16-27(41-5)28(18-23)42-6/h8-18,26H,7,19-20H2,1-6H3,(H,34,38). The lowest BCUT2D eigenvalue weighted by molar-refractivity contribution is -0.141. The van der Waals surface area contributed by atoms with Crippen LogP contribution in [-0.2, 0) is 26.2 Å². The van der Waals surface area contributed by atoms with Crippen molar-refractivity contribution in [1.82, 2.24) is 10.2 Å². The first kappa shape index (κ1) is 34.0. The van der Waals surface area contributed by atoms with Gasteiger partial charge in [0.15, 0.2) is 11.5 Å². The van der Waals surface area contributed by atoms with Crippen molar-refractivity contribution in [2.75, 3.05) is 25.1 Å². The van der Waals surface area contributed by atoms with Crippen molar-refractivity contribution < 1.29 is 27.5 Å². The molecule has 1 atom stereocenters. The van der Waals surface area contributed by atoms with E-state index in [4.69, 9.17) is 32.7 Å². The number of amides is 2. The maximum atomic E-state index is 14.2. The summed E-state index contributed by atoms with van der Waals surface area (Å²) in [4.78, 5) is 28.9. The molecule has 0 aliphatic heterocycles. The van der Waals surface area contributed by atoms with Crippen LogP contribution in [0.4, 0.5) is 5.69 Å². The highest BCUT2D eigenvalue weighted by atomic mass is 35.5. The van der Waals surface area contributed by atoms with E-state index in [9.17, 15) is 18.0 Å². The van der Waals surface area contributed by atoms with Crippen LogP contribution in [-0.4, -0.2) is 57.5 Å². The van der Waals surface area contributed by atoms with E-state index in [1.165, 1.54) is 37.3 Å². The highest BCUT2D eigenvalue weighted by molar-refractivity contribution is 7.92. The second kappa shape index (κ2) is 14.3. The Morgan fingerprint density at radius 3 is 2.12 bits per heavy atom. The van der Waals surface area contributed by atoms with E-state index in [0.29, 0.717) is 21.4 Å². The minimum absolute atomic E-state index is 0.00910. The van der Waals surface area contributed by atoms with Crippen molar-refractivity contribution in [2.24, 2.45) is 0 Å². The Morgan fingerprint density at radius 1 is 0.907 bits per heavy atom. The smallest absolute Gasteiger partial charge is 0.264 e. The number of halogens is 2. The molecule has 1 N–H and O–H groups in total. The van der Waals surface area contributed by atoms with Gasteiger partial charge >= 0.3 is 0 Å². The minimum atomic E-state index is -4.30. The van der Waals surface area contributed by atoms with Gasteiger partial charge in [0.1, 0.15) is 12.6 Å². The molecule has 3 aromatic carbocycles. The molecular weight excluding hydrogens is 613 g/mol. The molecule has 1 unspecified atom stereocenters. The SMILES string of the molecule is CCC(C(=O)NC(C)(C)C)N(Cc1ccc(Cl)c(Cl)c1)C(=O)CN(c1ccccc1)S(=O)(=O)c1ccc(OC)c(OC)c1. The molecule has 232 valence electrons. The highest BCUT2D eigenvalue weighted by Crippen LogP contribution is 2.32. The zero-order chi connectivity index (χ0) is 31.9. The van der Waals surface area contributed by atoms with Crippen LogP contribution < -0.4 is 19.1 Å². The molecule has 3 aromatic rings. The molecule has 0 fully saturated rings. The minimum Gasteiger partial charge on any atom is -0.493 e. The van der Waals surface area contributed by atoms with E-state index in [2.05, 4.69) is 5.32 Å². The Balaban J connectivity index is 2.10. The zero-order valence-corrected chi connectivity index (χ0v) is 27.4. The third kappa shape index (κ3) is 8.55. The highest BCUT2D eigenvalue weighted by Gasteiger charge is 2.35. The molecule has 3 rings (SSSR count). The van der Waals surface area contributed by atoms with Crippen LogP contribution in [0.1, 0.15) is 39.7 Å². The quantitative estimate of drug-likeness (QED) is 0.261. The molecule has 0 spiro atoms. The van der Waals surface area contributed by atoms with Crippen LogP contribution in [0.3, 0.4) is 0 Å². The summed E-state index contributed by atoms with van der Waals surface area (Å²) in [5.74, 6) is -0.381. The van der Waals surface area contributed by atoms with E-state index in [-0.39, 0.29) is 35.2 Å². The number of hydrogen-bond acceptors (Lipinski definition) is 6. The molecule has 2 amide bonds. The fourth-order valence-corrected chi connectivity index (χ4v) is 6.19. The van der Waals surface area contributed by atoms with Crippen molar-refractivity contribution in [3.63, 3.8) is 0 Å². The summed E-state index contributed by atoms with van der Waals surface area (Å²) in [6.45, 7) is 6.73. The number of anilines is 1. The first-order chi connectivity index (χ1) is 20.2. The van der Waals surface area contributed by atoms with Gasteiger partial charge in [0, 0.05) is 18.2 Å². The average Bonchev–Trinajstić information content (AvgIpc) is 2.96. The predicted molar refractivity (Wildman–Crippen MR) is 170 cm³/mol. The number of ether oxygens (including phenoxy) is 2. The normalized spacial score (nSPS) is 12.3. The van der Waals surface area contributed by atoms with Crippen LogP contribution >= 0.6 is 23.2 Å². The predicted octanol–water partition coefficient (Wildman–Crippen LogP) is 5.93. The van der Waals surface area contributed by atoms with Crippen LogP contribution in [0.5, 0.6) is 11.5 Å². The summed E-state index contributed by atoms with van der Waals surface area (Å²) in [6, 6.07) is 16.5. The van der Waals surface area contributed by atoms with E-state index in [0.717, 1.165) is 4.31 Å². The molecule has 0 radical (unpaired) electrons. The van der Waals surface area contributed by atoms with E-state index >= 15 is 0 Å². The Morgan fingerprint density at radius 2 is 1.56 bits per heavy atom. The largest absolute Gasteiger partial charge is 0.493 e. The summed E-state index contributed by atoms with van der Waals surface area (Å²) in [7, 11) is -1.44. The van der Waals surface area contributed by atoms with E-state index < -0.39 is 34.1 Å². The topological polar surface area (TPSA) is 105 Å². The summed E-state index contributed by atoms with van der Waals surface area (Å²) < 4.78 is 39.8. The number of benzene rings is 3. The molecule has 0 aliphatic rings. The molecule has 12 heteroatoms. The van der Waals surface area contributed by atoms with Crippen LogP contribution in [0.15, 0.2) is 71.6 Å². The maximum Gasteiger partial charge on any atom is 0.264 e. The van der Waals surface area contributed by atoms with Gasteiger partial charge in [0.25, 0.3) is 10.0 Å². The molecule has 0 heterocycles. The second-order valence-electron chi connectivity index (χ2n) is 10.8. The number of hydrogen-bond donors (Lipinski definition) is 1. The molecule has 0 saturated carbocycles. The lowest BCUT2D eigenvalue weighted by atomic mass is 10.1. The van der Waals surface area contributed by atoms with Crippen molar-refractivity contribution in [3.8, 4) is 11.5 Å². The number of nitrogens with one attached hydrogen (secondary N) is 1. The van der Waals surface area contributed by atoms with Crippen LogP contribution in [0.2, 0.25) is 10.0 Å². The number of para-hydroxylation sites is 1. The maximum absolute atomic E-state index is 14.2. The van der Waals surface area contributed by atoms with Gasteiger partial charge in [0.2, 0.25) is 11.8 Å². The fraction of sp³-hybridized carbons (Fsp3) is 0.355. The number of carbonyl (C=O) groups is 2. The average molecular weight is 651 g/mol. The molecule has 0 aliphatic carbocycles. The van der Waals surface area contributed by atoms with Crippen LogP contribution in [0, 0.1) is 0 Å². The number of carbonyl (C=O) groups excluding carboxylic acids is 2. The molecular formula is C31H37Cl2N3O6S. The van der Waals surface area contributed by atoms with Gasteiger partial charge in [0.05, 0.1) is 34.8 Å². The third-order valence-corrected chi connectivity index (χ3v) is 9.00. The van der Waals surface area contributed by atoms with Crippen molar-refractivity contribution in [2.45, 2.75) is 57.1 Å². The summed E-state index contributed by atoms with van der Waals surface area (Å²) in [5.41, 5.74) is 0.335. The van der Waals surface area contributed by atoms with Gasteiger partial charge in [-0.25, -0.2) is 8.42 Å². The Hall–Kier alpha value is -3.47. The fourth-order valence-electron chi connectivity index (χ4n) is 4.43. The number of sulfonamides is 1. The monoisotopic (exact) mass is 649 g/mol. The van der Waals surface area contributed by atoms with E-state index in [1.807, 2.05) is 20.8 Å². The van der Waals surface area contributed by atoms with Gasteiger partial charge in [-0.15, -0.1) is 0 Å². The van der Waals surface area contributed by atoms with Crippen molar-refractivity contribution >= 4 is 50.7 Å². The molecule has 0 aromatic heterocycles. The lowest BCUT2D eigenvalue weighted by Crippen LogP contribution is -2.55. The zero-order valence-electron chi connectivity index (χ0n) is 25.1. The van der Waals surface area contributed by atoms with Crippen LogP contribution in [0.25, 0.3) is 0 Å². The van der Waals surface area contributed by atoms with E-state index in [1.54, 1.807) is 55.5 Å². The van der Waals surface area contributed by atoms with Crippen molar-refractivity contribution in [3.05, 3.63) is 82.3 Å². The number of rotatable bonds is 12. The van der Waals surface area contributed by atoms with Gasteiger partial charge < -0.3 is 19.7 Å². The van der Waals surface area contributed by atoms with Gasteiger partial charge in [-0.05, 0) is 69.2 Å². The van der Waals surface area contributed by atoms with Crippen molar-refractivity contribution in [1.29, 1.82) is 0 Å². The molecule has 9 nitrogen and oxygen atoms in total. The summed E-state index contributed by atoms with van der Waals surface area (Å²) in [5, 5.41) is 3.58. The lowest BCUT2D eigenvalue weighted by Gasteiger charge is -2.34. The summed E-state index contributed by atoms with van der Waals surface area (Å²) >= 11 is 12.4. The Kier molecular flexibility index (Phi) is 11.3. The van der Waals surface area contributed by atoms with Gasteiger partial charge in [-0.2, -0.15) is 0 Å². The third-order valence-electron chi connectivity index (χ3n) is 6.49. The van der Waals surface area contributed by atoms with Gasteiger partial charge in [-0.1, -0.05) is 54.4 Å². The first-order valence-corrected chi connectivity index (χ1v) is 15.8. The molecule has 0 saturated heterocycles. The molecule has 43 heavy (non-hydrogen) atoms. The Labute approximate surface area is 263 Å². The summed E-state index contributed by atoms with van der Waals surface area (Å²) in [6.07, 6.45) is 0.280. The number of methoxy groups -OCH3 is 2. The second-order valence-corrected chi connectivity index (χ2v) is 13.5. The first-order valence-electron chi connectivity index (χ1n) is 13.6. The van der Waals surface area contributed by atoms with Gasteiger partial charge in [-0.3, -0.25) is 13.9 Å². The Bertz CT molecular complexity index is 1540. The molecule has 0 bridgehead atoms.